The van der Waals surface area contributed by atoms with Crippen LogP contribution in [0.15, 0.2) is 146 Å². The zero-order chi connectivity index (χ0) is 25.6. The first-order valence-corrected chi connectivity index (χ1v) is 13.7. The maximum absolute atomic E-state index is 3.77. The van der Waals surface area contributed by atoms with Crippen LogP contribution in [0.3, 0.4) is 0 Å². The molecule has 0 saturated heterocycles. The predicted octanol–water partition coefficient (Wildman–Crippen LogP) is 8.80. The zero-order valence-electron chi connectivity index (χ0n) is 21.4. The zero-order valence-corrected chi connectivity index (χ0v) is 21.4. The van der Waals surface area contributed by atoms with Gasteiger partial charge in [-0.05, 0) is 67.8 Å². The second kappa shape index (κ2) is 7.36. The molecule has 9 rings (SSSR count). The summed E-state index contributed by atoms with van der Waals surface area (Å²) in [5.74, 6) is 0. The largest absolute Gasteiger partial charge is 0.355 e. The highest BCUT2D eigenvalue weighted by Gasteiger charge is 2.57. The van der Waals surface area contributed by atoms with Crippen LogP contribution < -0.4 is 5.32 Å². The van der Waals surface area contributed by atoms with E-state index in [0.717, 1.165) is 0 Å². The SMILES string of the molecule is c1ccc2c(c1)Nc1ccccc1C21c2ccccc2C2(c3ccccc3-c3ccccc32)c2ccccc21. The van der Waals surface area contributed by atoms with Gasteiger partial charge in [-0.2, -0.15) is 0 Å². The van der Waals surface area contributed by atoms with Crippen molar-refractivity contribution in [3.05, 3.63) is 190 Å². The van der Waals surface area contributed by atoms with E-state index in [1.54, 1.807) is 0 Å². The van der Waals surface area contributed by atoms with Gasteiger partial charge in [-0.15, -0.1) is 0 Å². The van der Waals surface area contributed by atoms with Gasteiger partial charge in [-0.25, -0.2) is 0 Å². The molecule has 0 aromatic heterocycles. The van der Waals surface area contributed by atoms with Crippen molar-refractivity contribution in [2.45, 2.75) is 10.8 Å². The molecule has 1 heterocycles. The number of anilines is 2. The van der Waals surface area contributed by atoms with Gasteiger partial charge in [0.1, 0.15) is 0 Å². The number of nitrogens with one attached hydrogen (secondary N) is 1. The van der Waals surface area contributed by atoms with E-state index in [2.05, 4.69) is 151 Å². The summed E-state index contributed by atoms with van der Waals surface area (Å²) >= 11 is 0. The van der Waals surface area contributed by atoms with Gasteiger partial charge in [-0.3, -0.25) is 0 Å². The molecule has 2 spiro atoms. The number of para-hydroxylation sites is 2. The fourth-order valence-corrected chi connectivity index (χ4v) is 8.09. The first-order chi connectivity index (χ1) is 19.4. The van der Waals surface area contributed by atoms with Gasteiger partial charge < -0.3 is 5.32 Å². The van der Waals surface area contributed by atoms with E-state index < -0.39 is 5.41 Å². The van der Waals surface area contributed by atoms with E-state index in [9.17, 15) is 0 Å². The molecule has 39 heavy (non-hydrogen) atoms. The average Bonchev–Trinajstić information content (AvgIpc) is 3.30. The van der Waals surface area contributed by atoms with Crippen LogP contribution in [0, 0.1) is 0 Å². The van der Waals surface area contributed by atoms with Crippen molar-refractivity contribution in [1.29, 1.82) is 0 Å². The van der Waals surface area contributed by atoms with E-state index in [1.165, 1.54) is 67.0 Å². The number of hydrogen-bond donors (Lipinski definition) is 1. The fraction of sp³-hybridized carbons (Fsp3) is 0.0526. The van der Waals surface area contributed by atoms with Crippen molar-refractivity contribution in [2.24, 2.45) is 0 Å². The highest BCUT2D eigenvalue weighted by atomic mass is 14.9. The lowest BCUT2D eigenvalue weighted by atomic mass is 9.50. The second-order valence-electron chi connectivity index (χ2n) is 10.9. The lowest BCUT2D eigenvalue weighted by Gasteiger charge is -2.52. The predicted molar refractivity (Wildman–Crippen MR) is 159 cm³/mol. The first kappa shape index (κ1) is 21.1. The van der Waals surface area contributed by atoms with Crippen molar-refractivity contribution in [1.82, 2.24) is 0 Å². The summed E-state index contributed by atoms with van der Waals surface area (Å²) in [7, 11) is 0. The Balaban J connectivity index is 1.54. The average molecular weight is 496 g/mol. The minimum absolute atomic E-state index is 0.389. The minimum Gasteiger partial charge on any atom is -0.355 e. The normalized spacial score (nSPS) is 15.8. The Labute approximate surface area is 228 Å². The molecule has 6 aromatic carbocycles. The Morgan fingerprint density at radius 3 is 0.974 bits per heavy atom. The molecule has 2 aliphatic carbocycles. The van der Waals surface area contributed by atoms with E-state index >= 15 is 0 Å². The van der Waals surface area contributed by atoms with Gasteiger partial charge in [0.05, 0.1) is 10.8 Å². The number of fused-ring (bicyclic) bond motifs is 15. The third kappa shape index (κ3) is 2.34. The Morgan fingerprint density at radius 1 is 0.282 bits per heavy atom. The molecular formula is C38H25N. The van der Waals surface area contributed by atoms with Crippen LogP contribution in [-0.4, -0.2) is 0 Å². The van der Waals surface area contributed by atoms with Gasteiger partial charge in [0.2, 0.25) is 0 Å². The van der Waals surface area contributed by atoms with Gasteiger partial charge >= 0.3 is 0 Å². The first-order valence-electron chi connectivity index (χ1n) is 13.7. The lowest BCUT2D eigenvalue weighted by molar-refractivity contribution is 0.622. The topological polar surface area (TPSA) is 12.0 Å². The molecule has 0 amide bonds. The molecule has 0 unspecified atom stereocenters. The monoisotopic (exact) mass is 495 g/mol. The van der Waals surface area contributed by atoms with Gasteiger partial charge in [-0.1, -0.05) is 133 Å². The lowest BCUT2D eigenvalue weighted by Crippen LogP contribution is -2.46. The third-order valence-corrected chi connectivity index (χ3v) is 9.35. The summed E-state index contributed by atoms with van der Waals surface area (Å²) < 4.78 is 0. The van der Waals surface area contributed by atoms with Gasteiger partial charge in [0, 0.05) is 11.4 Å². The van der Waals surface area contributed by atoms with Crippen molar-refractivity contribution in [3.63, 3.8) is 0 Å². The molecular weight excluding hydrogens is 470 g/mol. The van der Waals surface area contributed by atoms with Crippen molar-refractivity contribution >= 4 is 11.4 Å². The van der Waals surface area contributed by atoms with Crippen LogP contribution in [0.25, 0.3) is 11.1 Å². The molecule has 182 valence electrons. The number of benzene rings is 6. The molecule has 0 bridgehead atoms. The van der Waals surface area contributed by atoms with E-state index in [-0.39, 0.29) is 5.41 Å². The summed E-state index contributed by atoms with van der Waals surface area (Å²) in [4.78, 5) is 0. The molecule has 1 nitrogen and oxygen atoms in total. The van der Waals surface area contributed by atoms with Crippen LogP contribution in [0.1, 0.15) is 44.5 Å². The minimum atomic E-state index is -0.441. The molecule has 1 N–H and O–H groups in total. The van der Waals surface area contributed by atoms with Crippen molar-refractivity contribution in [2.75, 3.05) is 5.32 Å². The highest BCUT2D eigenvalue weighted by molar-refractivity contribution is 5.91. The number of rotatable bonds is 0. The Kier molecular flexibility index (Phi) is 3.98. The van der Waals surface area contributed by atoms with E-state index in [1.807, 2.05) is 0 Å². The number of hydrogen-bond acceptors (Lipinski definition) is 1. The Hall–Kier alpha value is -4.88. The van der Waals surface area contributed by atoms with E-state index in [4.69, 9.17) is 0 Å². The molecule has 1 aliphatic heterocycles. The van der Waals surface area contributed by atoms with Crippen molar-refractivity contribution < 1.29 is 0 Å². The van der Waals surface area contributed by atoms with Crippen molar-refractivity contribution in [3.8, 4) is 11.1 Å². The van der Waals surface area contributed by atoms with Crippen LogP contribution >= 0.6 is 0 Å². The maximum Gasteiger partial charge on any atom is 0.0748 e. The smallest absolute Gasteiger partial charge is 0.0748 e. The molecule has 0 saturated carbocycles. The molecule has 0 radical (unpaired) electrons. The third-order valence-electron chi connectivity index (χ3n) is 9.35. The maximum atomic E-state index is 3.77. The second-order valence-corrected chi connectivity index (χ2v) is 10.9. The molecule has 6 aromatic rings. The Morgan fingerprint density at radius 2 is 0.564 bits per heavy atom. The van der Waals surface area contributed by atoms with Gasteiger partial charge in [0.15, 0.2) is 0 Å². The fourth-order valence-electron chi connectivity index (χ4n) is 8.09. The van der Waals surface area contributed by atoms with Crippen LogP contribution in [-0.2, 0) is 10.8 Å². The summed E-state index contributed by atoms with van der Waals surface area (Å²) in [5, 5.41) is 3.77. The summed E-state index contributed by atoms with van der Waals surface area (Å²) in [6.07, 6.45) is 0. The quantitative estimate of drug-likeness (QED) is 0.222. The molecule has 0 fully saturated rings. The highest BCUT2D eigenvalue weighted by Crippen LogP contribution is 2.66. The van der Waals surface area contributed by atoms with Gasteiger partial charge in [0.25, 0.3) is 0 Å². The van der Waals surface area contributed by atoms with Crippen LogP contribution in [0.2, 0.25) is 0 Å². The summed E-state index contributed by atoms with van der Waals surface area (Å²) in [6.45, 7) is 0. The summed E-state index contributed by atoms with van der Waals surface area (Å²) in [5.41, 5.74) is 15.0. The van der Waals surface area contributed by atoms with Crippen LogP contribution in [0.4, 0.5) is 11.4 Å². The van der Waals surface area contributed by atoms with E-state index in [0.29, 0.717) is 0 Å². The van der Waals surface area contributed by atoms with Crippen LogP contribution in [0.5, 0.6) is 0 Å². The standard InChI is InChI=1S/C38H25N/c1-3-15-27-25(13-1)26-14-2-4-16-28(26)37(27)29-17-5-7-19-31(29)38(32-20-8-6-18-30(32)37)33-21-9-11-23-35(33)39-36-24-12-10-22-34(36)38/h1-24,39H. The molecule has 3 aliphatic rings. The Bertz CT molecular complexity index is 1820. The molecule has 0 atom stereocenters. The molecule has 1 heteroatoms. The summed E-state index contributed by atoms with van der Waals surface area (Å²) in [6, 6.07) is 54.3.